The summed E-state index contributed by atoms with van der Waals surface area (Å²) in [5, 5.41) is 1.15. The highest BCUT2D eigenvalue weighted by Gasteiger charge is 2.10. The van der Waals surface area contributed by atoms with Crippen molar-refractivity contribution < 1.29 is 4.84 Å². The van der Waals surface area contributed by atoms with E-state index in [0.717, 1.165) is 0 Å². The van der Waals surface area contributed by atoms with Gasteiger partial charge in [0.1, 0.15) is 6.61 Å². The molecule has 0 aliphatic carbocycles. The maximum Gasteiger partial charge on any atom is 0.295 e. The van der Waals surface area contributed by atoms with Crippen LogP contribution in [0.1, 0.15) is 6.92 Å². The topological polar surface area (TPSA) is 44.1 Å². The zero-order valence-electron chi connectivity index (χ0n) is 9.14. The molecule has 2 rings (SSSR count). The number of hydrogen-bond donors (Lipinski definition) is 0. The van der Waals surface area contributed by atoms with E-state index in [2.05, 4.69) is 4.98 Å². The quantitative estimate of drug-likeness (QED) is 0.599. The van der Waals surface area contributed by atoms with Crippen LogP contribution in [-0.4, -0.2) is 22.6 Å². The Bertz CT molecular complexity index is 565. The van der Waals surface area contributed by atoms with Gasteiger partial charge in [0.05, 0.1) is 10.9 Å². The molecule has 0 aliphatic rings. The lowest BCUT2D eigenvalue weighted by Gasteiger charge is -2.10. The van der Waals surface area contributed by atoms with Gasteiger partial charge in [-0.15, -0.1) is 4.73 Å². The van der Waals surface area contributed by atoms with Crippen LogP contribution >= 0.6 is 11.8 Å². The van der Waals surface area contributed by atoms with E-state index in [1.807, 2.05) is 31.4 Å². The summed E-state index contributed by atoms with van der Waals surface area (Å²) in [6, 6.07) is 7.27. The van der Waals surface area contributed by atoms with Crippen LogP contribution in [0, 0.1) is 0 Å². The van der Waals surface area contributed by atoms with Crippen LogP contribution in [0.3, 0.4) is 0 Å². The van der Waals surface area contributed by atoms with Crippen LogP contribution in [0.25, 0.3) is 10.9 Å². The molecule has 0 saturated heterocycles. The Morgan fingerprint density at radius 3 is 2.88 bits per heavy atom. The molecular formula is C11H12N2O2S. The maximum absolute atomic E-state index is 12.1. The molecule has 0 unspecified atom stereocenters. The van der Waals surface area contributed by atoms with E-state index in [0.29, 0.717) is 22.7 Å². The second-order valence-electron chi connectivity index (χ2n) is 3.13. The van der Waals surface area contributed by atoms with Crippen molar-refractivity contribution >= 4 is 22.7 Å². The van der Waals surface area contributed by atoms with Crippen LogP contribution in [0.5, 0.6) is 0 Å². The molecule has 1 aromatic carbocycles. The second-order valence-corrected chi connectivity index (χ2v) is 3.91. The fraction of sp³-hybridized carbons (Fsp3) is 0.273. The highest BCUT2D eigenvalue weighted by Crippen LogP contribution is 2.13. The lowest BCUT2D eigenvalue weighted by molar-refractivity contribution is 0.0907. The molecule has 1 heterocycles. The molecule has 0 atom stereocenters. The van der Waals surface area contributed by atoms with Crippen molar-refractivity contribution in [2.45, 2.75) is 12.1 Å². The van der Waals surface area contributed by atoms with Crippen LogP contribution in [-0.2, 0) is 0 Å². The van der Waals surface area contributed by atoms with Gasteiger partial charge in [0.15, 0.2) is 0 Å². The number of hydrogen-bond acceptors (Lipinski definition) is 4. The number of aromatic nitrogens is 2. The van der Waals surface area contributed by atoms with Gasteiger partial charge in [0, 0.05) is 0 Å². The standard InChI is InChI=1S/C11H12N2O2S/c1-3-15-13-10(14)8-6-4-5-7-9(8)12-11(13)16-2/h4-7H,3H2,1-2H3. The van der Waals surface area contributed by atoms with Gasteiger partial charge in [-0.2, -0.15) is 0 Å². The van der Waals surface area contributed by atoms with Gasteiger partial charge in [-0.05, 0) is 25.3 Å². The Balaban J connectivity index is 2.77. The first-order chi connectivity index (χ1) is 7.77. The molecule has 0 amide bonds. The minimum absolute atomic E-state index is 0.156. The van der Waals surface area contributed by atoms with Crippen LogP contribution < -0.4 is 10.4 Å². The van der Waals surface area contributed by atoms with Gasteiger partial charge in [0.2, 0.25) is 5.16 Å². The second kappa shape index (κ2) is 4.57. The molecule has 84 valence electrons. The average Bonchev–Trinajstić information content (AvgIpc) is 2.33. The molecule has 2 aromatic rings. The summed E-state index contributed by atoms with van der Waals surface area (Å²) in [5.41, 5.74) is 0.546. The minimum atomic E-state index is -0.156. The highest BCUT2D eigenvalue weighted by molar-refractivity contribution is 7.98. The molecule has 0 spiro atoms. The van der Waals surface area contributed by atoms with E-state index in [1.165, 1.54) is 16.5 Å². The van der Waals surface area contributed by atoms with E-state index in [1.54, 1.807) is 6.07 Å². The lowest BCUT2D eigenvalue weighted by Crippen LogP contribution is -2.29. The summed E-state index contributed by atoms with van der Waals surface area (Å²) in [4.78, 5) is 21.7. The fourth-order valence-corrected chi connectivity index (χ4v) is 1.96. The first-order valence-corrected chi connectivity index (χ1v) is 6.19. The van der Waals surface area contributed by atoms with Crippen molar-refractivity contribution in [3.8, 4) is 0 Å². The van der Waals surface area contributed by atoms with E-state index in [9.17, 15) is 4.79 Å². The largest absolute Gasteiger partial charge is 0.408 e. The Kier molecular flexibility index (Phi) is 3.14. The van der Waals surface area contributed by atoms with Gasteiger partial charge in [-0.3, -0.25) is 4.79 Å². The summed E-state index contributed by atoms with van der Waals surface area (Å²) in [6.45, 7) is 2.28. The number of para-hydroxylation sites is 1. The zero-order chi connectivity index (χ0) is 11.5. The van der Waals surface area contributed by atoms with E-state index in [4.69, 9.17) is 4.84 Å². The Morgan fingerprint density at radius 2 is 2.19 bits per heavy atom. The van der Waals surface area contributed by atoms with Gasteiger partial charge in [0.25, 0.3) is 5.56 Å². The van der Waals surface area contributed by atoms with Crippen molar-refractivity contribution in [3.63, 3.8) is 0 Å². The Morgan fingerprint density at radius 1 is 1.44 bits per heavy atom. The summed E-state index contributed by atoms with van der Waals surface area (Å²) in [6.07, 6.45) is 1.87. The monoisotopic (exact) mass is 236 g/mol. The Hall–Kier alpha value is -1.49. The molecule has 0 N–H and O–H groups in total. The fourth-order valence-electron chi connectivity index (χ4n) is 1.47. The highest BCUT2D eigenvalue weighted by atomic mass is 32.2. The Labute approximate surface area is 97.2 Å². The summed E-state index contributed by atoms with van der Waals surface area (Å²) < 4.78 is 1.26. The van der Waals surface area contributed by atoms with Crippen LogP contribution in [0.15, 0.2) is 34.2 Å². The normalized spacial score (nSPS) is 10.6. The van der Waals surface area contributed by atoms with Crippen molar-refractivity contribution in [1.82, 2.24) is 9.71 Å². The lowest BCUT2D eigenvalue weighted by atomic mass is 10.2. The number of rotatable bonds is 3. The molecule has 0 radical (unpaired) electrons. The van der Waals surface area contributed by atoms with Gasteiger partial charge in [-0.1, -0.05) is 23.9 Å². The van der Waals surface area contributed by atoms with Crippen molar-refractivity contribution in [2.75, 3.05) is 12.9 Å². The molecule has 5 heteroatoms. The third kappa shape index (κ3) is 1.78. The average molecular weight is 236 g/mol. The molecular weight excluding hydrogens is 224 g/mol. The van der Waals surface area contributed by atoms with E-state index in [-0.39, 0.29) is 5.56 Å². The van der Waals surface area contributed by atoms with Crippen molar-refractivity contribution in [1.29, 1.82) is 0 Å². The molecule has 0 aliphatic heterocycles. The summed E-state index contributed by atoms with van der Waals surface area (Å²) >= 11 is 1.39. The molecule has 0 bridgehead atoms. The minimum Gasteiger partial charge on any atom is -0.408 e. The van der Waals surface area contributed by atoms with E-state index < -0.39 is 0 Å². The first kappa shape index (κ1) is 11.0. The molecule has 0 fully saturated rings. The predicted octanol–water partition coefficient (Wildman–Crippen LogP) is 1.57. The van der Waals surface area contributed by atoms with Gasteiger partial charge < -0.3 is 4.84 Å². The van der Waals surface area contributed by atoms with Gasteiger partial charge >= 0.3 is 0 Å². The SMILES string of the molecule is CCOn1c(SC)nc2ccccc2c1=O. The van der Waals surface area contributed by atoms with Gasteiger partial charge in [-0.25, -0.2) is 4.98 Å². The van der Waals surface area contributed by atoms with E-state index >= 15 is 0 Å². The van der Waals surface area contributed by atoms with Crippen molar-refractivity contribution in [3.05, 3.63) is 34.6 Å². The molecule has 1 aromatic heterocycles. The van der Waals surface area contributed by atoms with Crippen LogP contribution in [0.4, 0.5) is 0 Å². The smallest absolute Gasteiger partial charge is 0.295 e. The predicted molar refractivity (Wildman–Crippen MR) is 64.9 cm³/mol. The first-order valence-electron chi connectivity index (χ1n) is 4.97. The number of fused-ring (bicyclic) bond motifs is 1. The maximum atomic E-state index is 12.1. The number of nitrogens with zero attached hydrogens (tertiary/aromatic N) is 2. The summed E-state index contributed by atoms with van der Waals surface area (Å²) in [7, 11) is 0. The third-order valence-electron chi connectivity index (χ3n) is 2.15. The third-order valence-corrected chi connectivity index (χ3v) is 2.77. The molecule has 4 nitrogen and oxygen atoms in total. The van der Waals surface area contributed by atoms with Crippen LogP contribution in [0.2, 0.25) is 0 Å². The zero-order valence-corrected chi connectivity index (χ0v) is 9.95. The van der Waals surface area contributed by atoms with Crippen molar-refractivity contribution in [2.24, 2.45) is 0 Å². The number of benzene rings is 1. The molecule has 16 heavy (non-hydrogen) atoms. The summed E-state index contributed by atoms with van der Waals surface area (Å²) in [5.74, 6) is 0. The number of thioether (sulfide) groups is 1. The molecule has 0 saturated carbocycles.